The molecule has 0 unspecified atom stereocenters. The smallest absolute Gasteiger partial charge is 0.0852 e. The summed E-state index contributed by atoms with van der Waals surface area (Å²) in [7, 11) is 0. The Morgan fingerprint density at radius 2 is 2.00 bits per heavy atom. The van der Waals surface area contributed by atoms with Gasteiger partial charge in [0.2, 0.25) is 0 Å². The molecule has 0 heterocycles. The van der Waals surface area contributed by atoms with E-state index < -0.39 is 0 Å². The lowest BCUT2D eigenvalue weighted by Crippen LogP contribution is -2.07. The van der Waals surface area contributed by atoms with Crippen LogP contribution in [0.3, 0.4) is 0 Å². The fraction of sp³-hybridized carbons (Fsp3) is 0.385. The average Bonchev–Trinajstić information content (AvgIpc) is 2.71. The van der Waals surface area contributed by atoms with Crippen LogP contribution in [0, 0.1) is 12.8 Å². The van der Waals surface area contributed by atoms with Gasteiger partial charge in [-0.3, -0.25) is 0 Å². The molecule has 0 radical (unpaired) electrons. The minimum atomic E-state index is -0.325. The maximum absolute atomic E-state index is 10.1. The Morgan fingerprint density at radius 3 is 2.57 bits per heavy atom. The van der Waals surface area contributed by atoms with E-state index in [9.17, 15) is 5.11 Å². The van der Waals surface area contributed by atoms with Crippen molar-refractivity contribution in [1.29, 1.82) is 0 Å². The summed E-state index contributed by atoms with van der Waals surface area (Å²) in [5.74, 6) is 0.317. The van der Waals surface area contributed by atoms with Crippen LogP contribution in [0.25, 0.3) is 0 Å². The van der Waals surface area contributed by atoms with Gasteiger partial charge in [0.15, 0.2) is 0 Å². The van der Waals surface area contributed by atoms with Gasteiger partial charge in [0.1, 0.15) is 0 Å². The molecule has 1 aliphatic rings. The third-order valence-corrected chi connectivity index (χ3v) is 2.87. The molecule has 0 aliphatic heterocycles. The molecule has 1 aromatic carbocycles. The zero-order valence-corrected chi connectivity index (χ0v) is 8.48. The molecule has 1 nitrogen and oxygen atoms in total. The van der Waals surface area contributed by atoms with E-state index in [0.717, 1.165) is 18.4 Å². The Kier molecular flexibility index (Phi) is 2.69. The lowest BCUT2D eigenvalue weighted by atomic mass is 9.95. The highest BCUT2D eigenvalue weighted by molar-refractivity contribution is 5.24. The van der Waals surface area contributed by atoms with Crippen LogP contribution in [0.15, 0.2) is 36.4 Å². The van der Waals surface area contributed by atoms with Gasteiger partial charge in [0, 0.05) is 5.92 Å². The molecule has 0 fully saturated rings. The Labute approximate surface area is 85.1 Å². The van der Waals surface area contributed by atoms with Crippen molar-refractivity contribution in [3.63, 3.8) is 0 Å². The van der Waals surface area contributed by atoms with Crippen molar-refractivity contribution in [2.75, 3.05) is 0 Å². The zero-order chi connectivity index (χ0) is 9.97. The molecule has 0 amide bonds. The van der Waals surface area contributed by atoms with Gasteiger partial charge in [0.05, 0.1) is 6.10 Å². The normalized spacial score (nSPS) is 22.6. The predicted octanol–water partition coefficient (Wildman–Crippen LogP) is 2.99. The van der Waals surface area contributed by atoms with E-state index >= 15 is 0 Å². The molecule has 0 spiro atoms. The molecule has 14 heavy (non-hydrogen) atoms. The highest BCUT2D eigenvalue weighted by atomic mass is 16.3. The summed E-state index contributed by atoms with van der Waals surface area (Å²) in [4.78, 5) is 0. The van der Waals surface area contributed by atoms with E-state index in [1.54, 1.807) is 0 Å². The third-order valence-electron chi connectivity index (χ3n) is 2.87. The van der Waals surface area contributed by atoms with Crippen molar-refractivity contribution in [2.24, 2.45) is 5.92 Å². The zero-order valence-electron chi connectivity index (χ0n) is 8.48. The molecule has 1 heteroatoms. The summed E-state index contributed by atoms with van der Waals surface area (Å²) < 4.78 is 0. The Morgan fingerprint density at radius 1 is 1.29 bits per heavy atom. The van der Waals surface area contributed by atoms with Crippen molar-refractivity contribution in [3.05, 3.63) is 47.5 Å². The Hall–Kier alpha value is -1.08. The highest BCUT2D eigenvalue weighted by Gasteiger charge is 2.20. The van der Waals surface area contributed by atoms with Crippen molar-refractivity contribution < 1.29 is 5.11 Å². The molecule has 1 N–H and O–H groups in total. The summed E-state index contributed by atoms with van der Waals surface area (Å²) in [6.45, 7) is 2.06. The van der Waals surface area contributed by atoms with E-state index in [1.165, 1.54) is 5.56 Å². The molecule has 2 rings (SSSR count). The molecule has 1 aromatic rings. The summed E-state index contributed by atoms with van der Waals surface area (Å²) in [6.07, 6.45) is 6.14. The number of allylic oxidation sites excluding steroid dienone is 1. The summed E-state index contributed by atoms with van der Waals surface area (Å²) in [5.41, 5.74) is 2.27. The SMILES string of the molecule is Cc1ccc([C@@H](O)[C@H]2C=CCC2)cc1. The van der Waals surface area contributed by atoms with Gasteiger partial charge in [-0.05, 0) is 25.3 Å². The van der Waals surface area contributed by atoms with E-state index in [2.05, 4.69) is 31.2 Å². The monoisotopic (exact) mass is 188 g/mol. The molecule has 0 saturated heterocycles. The highest BCUT2D eigenvalue weighted by Crippen LogP contribution is 2.30. The molecule has 0 aromatic heterocycles. The topological polar surface area (TPSA) is 20.2 Å². The summed E-state index contributed by atoms with van der Waals surface area (Å²) in [6, 6.07) is 8.15. The molecular weight excluding hydrogens is 172 g/mol. The van der Waals surface area contributed by atoms with Gasteiger partial charge >= 0.3 is 0 Å². The first kappa shape index (κ1) is 9.47. The molecule has 0 bridgehead atoms. The predicted molar refractivity (Wildman–Crippen MR) is 58.0 cm³/mol. The third kappa shape index (κ3) is 1.88. The maximum Gasteiger partial charge on any atom is 0.0852 e. The van der Waals surface area contributed by atoms with Crippen LogP contribution in [0.2, 0.25) is 0 Å². The first-order chi connectivity index (χ1) is 6.77. The van der Waals surface area contributed by atoms with Gasteiger partial charge in [-0.2, -0.15) is 0 Å². The minimum Gasteiger partial charge on any atom is -0.388 e. The summed E-state index contributed by atoms with van der Waals surface area (Å²) in [5, 5.41) is 10.1. The lowest BCUT2D eigenvalue weighted by Gasteiger charge is -2.16. The number of aliphatic hydroxyl groups excluding tert-OH is 1. The number of hydrogen-bond donors (Lipinski definition) is 1. The standard InChI is InChI=1S/C13H16O/c1-10-6-8-12(9-7-10)13(14)11-4-2-3-5-11/h2,4,6-9,11,13-14H,3,5H2,1H3/t11-,13-/m0/s1. The van der Waals surface area contributed by atoms with Crippen LogP contribution in [-0.4, -0.2) is 5.11 Å². The first-order valence-corrected chi connectivity index (χ1v) is 5.18. The minimum absolute atomic E-state index is 0.317. The molecule has 2 atom stereocenters. The van der Waals surface area contributed by atoms with Gasteiger partial charge in [0.25, 0.3) is 0 Å². The van der Waals surface area contributed by atoms with Crippen molar-refractivity contribution in [3.8, 4) is 0 Å². The largest absolute Gasteiger partial charge is 0.388 e. The van der Waals surface area contributed by atoms with E-state index in [-0.39, 0.29) is 6.10 Å². The van der Waals surface area contributed by atoms with Gasteiger partial charge < -0.3 is 5.11 Å². The fourth-order valence-electron chi connectivity index (χ4n) is 1.93. The van der Waals surface area contributed by atoms with E-state index in [0.29, 0.717) is 5.92 Å². The van der Waals surface area contributed by atoms with Crippen LogP contribution >= 0.6 is 0 Å². The maximum atomic E-state index is 10.1. The van der Waals surface area contributed by atoms with Crippen molar-refractivity contribution in [2.45, 2.75) is 25.9 Å². The quantitative estimate of drug-likeness (QED) is 0.707. The van der Waals surface area contributed by atoms with Gasteiger partial charge in [-0.25, -0.2) is 0 Å². The van der Waals surface area contributed by atoms with Crippen LogP contribution < -0.4 is 0 Å². The Bertz CT molecular complexity index is 324. The van der Waals surface area contributed by atoms with Crippen molar-refractivity contribution in [1.82, 2.24) is 0 Å². The molecule has 74 valence electrons. The second-order valence-electron chi connectivity index (χ2n) is 4.02. The van der Waals surface area contributed by atoms with Gasteiger partial charge in [-0.1, -0.05) is 42.0 Å². The van der Waals surface area contributed by atoms with Gasteiger partial charge in [-0.15, -0.1) is 0 Å². The number of hydrogen-bond acceptors (Lipinski definition) is 1. The number of aryl methyl sites for hydroxylation is 1. The van der Waals surface area contributed by atoms with E-state index in [1.807, 2.05) is 12.1 Å². The average molecular weight is 188 g/mol. The fourth-order valence-corrected chi connectivity index (χ4v) is 1.93. The van der Waals surface area contributed by atoms with Crippen LogP contribution in [-0.2, 0) is 0 Å². The molecule has 0 saturated carbocycles. The molecule has 1 aliphatic carbocycles. The second kappa shape index (κ2) is 3.97. The summed E-state index contributed by atoms with van der Waals surface area (Å²) >= 11 is 0. The van der Waals surface area contributed by atoms with Crippen LogP contribution in [0.4, 0.5) is 0 Å². The van der Waals surface area contributed by atoms with Crippen LogP contribution in [0.1, 0.15) is 30.1 Å². The second-order valence-corrected chi connectivity index (χ2v) is 4.02. The number of aliphatic hydroxyl groups is 1. The number of benzene rings is 1. The number of rotatable bonds is 2. The molecular formula is C13H16O. The Balaban J connectivity index is 2.14. The van der Waals surface area contributed by atoms with Crippen molar-refractivity contribution >= 4 is 0 Å². The first-order valence-electron chi connectivity index (χ1n) is 5.18. The van der Waals surface area contributed by atoms with Crippen LogP contribution in [0.5, 0.6) is 0 Å². The van der Waals surface area contributed by atoms with E-state index in [4.69, 9.17) is 0 Å². The lowest BCUT2D eigenvalue weighted by molar-refractivity contribution is 0.131.